The van der Waals surface area contributed by atoms with Crippen LogP contribution in [0.5, 0.6) is 23.0 Å². The Kier molecular flexibility index (Phi) is 17.3. The Morgan fingerprint density at radius 1 is 0.780 bits per heavy atom. The summed E-state index contributed by atoms with van der Waals surface area (Å²) in [6.07, 6.45) is 9.49. The van der Waals surface area contributed by atoms with E-state index in [1.807, 2.05) is 0 Å². The molecule has 284 valence electrons. The smallest absolute Gasteiger partial charge is 0.161 e. The second kappa shape index (κ2) is 20.3. The lowest BCUT2D eigenvalue weighted by Gasteiger charge is -2.49. The lowest BCUT2D eigenvalue weighted by Crippen LogP contribution is -2.48. The molecule has 0 radical (unpaired) electrons. The number of unbranched alkanes of at least 4 members (excludes halogenated alkanes) is 1. The van der Waals surface area contributed by atoms with E-state index in [1.54, 1.807) is 28.4 Å². The molecule has 2 aromatic carbocycles. The number of nitrogens with zero attached hydrogens (tertiary/aromatic N) is 2. The highest BCUT2D eigenvalue weighted by molar-refractivity contribution is 5.85. The fourth-order valence-electron chi connectivity index (χ4n) is 8.71. The van der Waals surface area contributed by atoms with Crippen LogP contribution < -0.4 is 18.9 Å². The van der Waals surface area contributed by atoms with Gasteiger partial charge in [0.15, 0.2) is 23.0 Å². The summed E-state index contributed by atoms with van der Waals surface area (Å²) in [6.45, 7) is 11.6. The van der Waals surface area contributed by atoms with E-state index in [9.17, 15) is 5.11 Å². The van der Waals surface area contributed by atoms with Crippen molar-refractivity contribution in [2.24, 2.45) is 17.8 Å². The van der Waals surface area contributed by atoms with Gasteiger partial charge >= 0.3 is 0 Å². The Morgan fingerprint density at radius 2 is 1.38 bits per heavy atom. The van der Waals surface area contributed by atoms with Crippen molar-refractivity contribution in [3.8, 4) is 23.0 Å². The number of hydrogen-bond acceptors (Lipinski definition) is 8. The predicted octanol–water partition coefficient (Wildman–Crippen LogP) is 8.09. The van der Waals surface area contributed by atoms with Crippen molar-refractivity contribution in [1.82, 2.24) is 9.80 Å². The molecule has 0 bridgehead atoms. The van der Waals surface area contributed by atoms with Crippen molar-refractivity contribution in [2.45, 2.75) is 96.7 Å². The average molecular weight is 740 g/mol. The van der Waals surface area contributed by atoms with Gasteiger partial charge in [-0.1, -0.05) is 46.5 Å². The second-order valence-corrected chi connectivity index (χ2v) is 14.3. The molecule has 10 heteroatoms. The Morgan fingerprint density at radius 3 is 1.98 bits per heavy atom. The molecule has 8 nitrogen and oxygen atoms in total. The Hall–Kier alpha value is -1.94. The third-order valence-electron chi connectivity index (χ3n) is 11.6. The van der Waals surface area contributed by atoms with E-state index >= 15 is 0 Å². The Bertz CT molecular complexity index is 1330. The summed E-state index contributed by atoms with van der Waals surface area (Å²) in [7, 11) is 6.88. The minimum absolute atomic E-state index is 0. The van der Waals surface area contributed by atoms with Crippen molar-refractivity contribution >= 4 is 24.8 Å². The maximum Gasteiger partial charge on any atom is 0.161 e. The SMILES string of the molecule is CCCCC(CC)COCC(O)CN1CCc2cc(OC)c(OC)cc2[C@H]1C[C@H]1C[C@H]2c3cc(OC)c(OC)cc3CCN2C[C@@H]1CC.Cl.Cl. The molecular weight excluding hydrogens is 675 g/mol. The van der Waals surface area contributed by atoms with Gasteiger partial charge in [-0.2, -0.15) is 0 Å². The molecule has 3 aliphatic rings. The molecular formula is C40H64Cl2N2O6. The van der Waals surface area contributed by atoms with Gasteiger partial charge in [-0.3, -0.25) is 9.80 Å². The standard InChI is InChI=1S/C40H62N2O6.2ClH/c1-8-11-12-27(9-2)25-48-26-32(43)24-42-16-14-30-20-38(45-5)40(47-7)22-34(30)36(42)18-31-17-35-33-21-39(46-6)37(44-4)19-29(33)13-15-41(35)23-28(31)10-3;;/h19-22,27-28,31-32,35-36,43H,8-18,23-26H2,1-7H3;2*1H/t27?,28-,31+,32?,35-,36+;;/m0../s1. The van der Waals surface area contributed by atoms with Crippen LogP contribution in [0.1, 0.15) is 100 Å². The van der Waals surface area contributed by atoms with Crippen LogP contribution >= 0.6 is 24.8 Å². The van der Waals surface area contributed by atoms with Crippen LogP contribution in [0.2, 0.25) is 0 Å². The molecule has 3 heterocycles. The molecule has 1 saturated heterocycles. The highest BCUT2D eigenvalue weighted by Crippen LogP contribution is 2.49. The fraction of sp³-hybridized carbons (Fsp3) is 0.700. The minimum Gasteiger partial charge on any atom is -0.493 e. The van der Waals surface area contributed by atoms with E-state index in [-0.39, 0.29) is 30.9 Å². The summed E-state index contributed by atoms with van der Waals surface area (Å²) in [4.78, 5) is 5.24. The third kappa shape index (κ3) is 9.73. The molecule has 0 spiro atoms. The first kappa shape index (κ1) is 42.5. The number of halogens is 2. The van der Waals surface area contributed by atoms with E-state index < -0.39 is 6.10 Å². The van der Waals surface area contributed by atoms with Crippen molar-refractivity contribution in [1.29, 1.82) is 0 Å². The van der Waals surface area contributed by atoms with Crippen molar-refractivity contribution in [3.63, 3.8) is 0 Å². The van der Waals surface area contributed by atoms with Crippen LogP contribution in [0.25, 0.3) is 0 Å². The number of hydrogen-bond donors (Lipinski definition) is 1. The molecule has 0 aliphatic carbocycles. The van der Waals surface area contributed by atoms with Gasteiger partial charge in [0.2, 0.25) is 0 Å². The molecule has 3 aliphatic heterocycles. The van der Waals surface area contributed by atoms with Gasteiger partial charge in [0, 0.05) is 44.9 Å². The quantitative estimate of drug-likeness (QED) is 0.175. The number of benzene rings is 2. The summed E-state index contributed by atoms with van der Waals surface area (Å²) in [5.74, 6) is 4.89. The summed E-state index contributed by atoms with van der Waals surface area (Å²) >= 11 is 0. The van der Waals surface area contributed by atoms with Crippen LogP contribution in [0, 0.1) is 17.8 Å². The van der Waals surface area contributed by atoms with Crippen LogP contribution in [-0.2, 0) is 17.6 Å². The molecule has 2 unspecified atom stereocenters. The molecule has 0 amide bonds. The van der Waals surface area contributed by atoms with E-state index in [1.165, 1.54) is 41.5 Å². The molecule has 1 N–H and O–H groups in total. The second-order valence-electron chi connectivity index (χ2n) is 14.3. The first-order chi connectivity index (χ1) is 23.4. The highest BCUT2D eigenvalue weighted by atomic mass is 35.5. The Balaban J connectivity index is 0.00000338. The Labute approximate surface area is 314 Å². The first-order valence-corrected chi connectivity index (χ1v) is 18.6. The molecule has 0 saturated carbocycles. The van der Waals surface area contributed by atoms with Gasteiger partial charge in [-0.05, 0) is 96.4 Å². The summed E-state index contributed by atoms with van der Waals surface area (Å²) in [6, 6.07) is 9.35. The van der Waals surface area contributed by atoms with Crippen molar-refractivity contribution < 1.29 is 28.8 Å². The zero-order valence-electron chi connectivity index (χ0n) is 31.6. The predicted molar refractivity (Wildman–Crippen MR) is 206 cm³/mol. The van der Waals surface area contributed by atoms with Gasteiger partial charge < -0.3 is 28.8 Å². The number of β-amino-alcohol motifs (C(OH)–C–C–N with tert-alkyl or cyclic N) is 1. The molecule has 50 heavy (non-hydrogen) atoms. The summed E-state index contributed by atoms with van der Waals surface area (Å²) in [5.41, 5.74) is 5.41. The van der Waals surface area contributed by atoms with E-state index in [0.29, 0.717) is 36.9 Å². The average Bonchev–Trinajstić information content (AvgIpc) is 3.12. The van der Waals surface area contributed by atoms with Crippen LogP contribution in [0.3, 0.4) is 0 Å². The van der Waals surface area contributed by atoms with Gasteiger partial charge in [-0.15, -0.1) is 24.8 Å². The molecule has 0 aromatic heterocycles. The highest BCUT2D eigenvalue weighted by Gasteiger charge is 2.41. The van der Waals surface area contributed by atoms with Crippen molar-refractivity contribution in [3.05, 3.63) is 46.5 Å². The summed E-state index contributed by atoms with van der Waals surface area (Å²) in [5, 5.41) is 11.3. The van der Waals surface area contributed by atoms with Gasteiger partial charge in [0.05, 0.1) is 41.2 Å². The molecule has 1 fully saturated rings. The van der Waals surface area contributed by atoms with E-state index in [2.05, 4.69) is 54.8 Å². The molecule has 6 atom stereocenters. The number of aliphatic hydroxyl groups excluding tert-OH is 1. The van der Waals surface area contributed by atoms with Crippen LogP contribution in [-0.4, -0.2) is 88.8 Å². The monoisotopic (exact) mass is 738 g/mol. The number of rotatable bonds is 17. The van der Waals surface area contributed by atoms with Crippen LogP contribution in [0.15, 0.2) is 24.3 Å². The number of fused-ring (bicyclic) bond motifs is 4. The maximum atomic E-state index is 11.3. The first-order valence-electron chi connectivity index (χ1n) is 18.6. The van der Waals surface area contributed by atoms with E-state index in [0.717, 1.165) is 87.8 Å². The fourth-order valence-corrected chi connectivity index (χ4v) is 8.71. The van der Waals surface area contributed by atoms with Gasteiger partial charge in [0.1, 0.15) is 0 Å². The summed E-state index contributed by atoms with van der Waals surface area (Å²) < 4.78 is 29.1. The maximum absolute atomic E-state index is 11.3. The number of piperidine rings is 1. The zero-order chi connectivity index (χ0) is 34.2. The number of aliphatic hydroxyl groups is 1. The van der Waals surface area contributed by atoms with Gasteiger partial charge in [-0.25, -0.2) is 0 Å². The van der Waals surface area contributed by atoms with Gasteiger partial charge in [0.25, 0.3) is 0 Å². The van der Waals surface area contributed by atoms with E-state index in [4.69, 9.17) is 23.7 Å². The normalized spacial score (nSPS) is 22.9. The largest absolute Gasteiger partial charge is 0.493 e. The zero-order valence-corrected chi connectivity index (χ0v) is 33.2. The van der Waals surface area contributed by atoms with Crippen LogP contribution in [0.4, 0.5) is 0 Å². The topological polar surface area (TPSA) is 72.9 Å². The number of ether oxygens (including phenoxy) is 5. The third-order valence-corrected chi connectivity index (χ3v) is 11.6. The minimum atomic E-state index is -0.533. The lowest BCUT2D eigenvalue weighted by atomic mass is 9.72. The molecule has 5 rings (SSSR count). The molecule has 2 aromatic rings. The van der Waals surface area contributed by atoms with Crippen molar-refractivity contribution in [2.75, 3.05) is 67.8 Å². The number of methoxy groups -OCH3 is 4. The lowest BCUT2D eigenvalue weighted by molar-refractivity contribution is -0.0136.